The number of anilines is 1. The highest BCUT2D eigenvalue weighted by atomic mass is 32.1. The predicted molar refractivity (Wildman–Crippen MR) is 92.0 cm³/mol. The molecule has 1 heterocycles. The number of benzene rings is 1. The van der Waals surface area contributed by atoms with Gasteiger partial charge in [0.25, 0.3) is 0 Å². The summed E-state index contributed by atoms with van der Waals surface area (Å²) in [6, 6.07) is 10.8. The van der Waals surface area contributed by atoms with E-state index in [2.05, 4.69) is 43.2 Å². The van der Waals surface area contributed by atoms with Gasteiger partial charge < -0.3 is 10.6 Å². The monoisotopic (exact) mass is 303 g/mol. The Morgan fingerprint density at radius 1 is 1.24 bits per heavy atom. The van der Waals surface area contributed by atoms with Gasteiger partial charge in [-0.2, -0.15) is 0 Å². The fraction of sp³-hybridized carbons (Fsp3) is 0.471. The van der Waals surface area contributed by atoms with E-state index in [1.807, 2.05) is 18.2 Å². The van der Waals surface area contributed by atoms with Crippen LogP contribution in [0, 0.1) is 0 Å². The number of hydrogen-bond donors (Lipinski definition) is 1. The first kappa shape index (κ1) is 16.0. The van der Waals surface area contributed by atoms with Gasteiger partial charge in [0.15, 0.2) is 5.13 Å². The number of hydrogen-bond acceptors (Lipinski definition) is 4. The zero-order chi connectivity index (χ0) is 15.2. The molecule has 3 nitrogen and oxygen atoms in total. The second kappa shape index (κ2) is 7.57. The van der Waals surface area contributed by atoms with Gasteiger partial charge in [0.1, 0.15) is 0 Å². The maximum absolute atomic E-state index is 6.28. The number of nitrogens with two attached hydrogens (primary N) is 1. The van der Waals surface area contributed by atoms with Crippen LogP contribution in [0.3, 0.4) is 0 Å². The fourth-order valence-corrected chi connectivity index (χ4v) is 3.43. The molecule has 21 heavy (non-hydrogen) atoms. The minimum absolute atomic E-state index is 0.0137. The Bertz CT molecular complexity index is 538. The van der Waals surface area contributed by atoms with Gasteiger partial charge in [-0.05, 0) is 25.8 Å². The lowest BCUT2D eigenvalue weighted by molar-refractivity contribution is 0.626. The van der Waals surface area contributed by atoms with Gasteiger partial charge in [-0.1, -0.05) is 37.3 Å². The molecule has 2 atom stereocenters. The maximum atomic E-state index is 6.28. The molecule has 2 aromatic rings. The standard InChI is InChI=1S/C17H25N3S/c1-4-13(3)20(5-2)17-19-15(12-21-17)11-16(18)14-9-7-6-8-10-14/h6-10,12-13,16H,4-5,11,18H2,1-3H3. The third-order valence-electron chi connectivity index (χ3n) is 3.91. The SMILES string of the molecule is CCC(C)N(CC)c1nc(CC(N)c2ccccc2)cs1. The number of rotatable bonds is 7. The molecule has 2 N–H and O–H groups in total. The van der Waals surface area contributed by atoms with Gasteiger partial charge in [-0.3, -0.25) is 0 Å². The molecule has 114 valence electrons. The second-order valence-corrected chi connectivity index (χ2v) is 6.22. The number of nitrogens with zero attached hydrogens (tertiary/aromatic N) is 2. The van der Waals surface area contributed by atoms with E-state index in [1.165, 1.54) is 5.56 Å². The molecule has 0 aliphatic heterocycles. The van der Waals surface area contributed by atoms with Crippen molar-refractivity contribution in [3.8, 4) is 0 Å². The van der Waals surface area contributed by atoms with Gasteiger partial charge in [-0.15, -0.1) is 11.3 Å². The molecule has 0 fully saturated rings. The molecule has 2 unspecified atom stereocenters. The average Bonchev–Trinajstić information content (AvgIpc) is 2.96. The summed E-state index contributed by atoms with van der Waals surface area (Å²) in [5.74, 6) is 0. The molecule has 0 bridgehead atoms. The molecule has 1 aromatic carbocycles. The third-order valence-corrected chi connectivity index (χ3v) is 4.83. The van der Waals surface area contributed by atoms with Crippen molar-refractivity contribution in [3.63, 3.8) is 0 Å². The summed E-state index contributed by atoms with van der Waals surface area (Å²) in [6.45, 7) is 7.64. The minimum atomic E-state index is 0.0137. The van der Waals surface area contributed by atoms with Crippen LogP contribution < -0.4 is 10.6 Å². The van der Waals surface area contributed by atoms with Crippen LogP contribution in [-0.4, -0.2) is 17.6 Å². The summed E-state index contributed by atoms with van der Waals surface area (Å²) < 4.78 is 0. The summed E-state index contributed by atoms with van der Waals surface area (Å²) in [4.78, 5) is 7.14. The lowest BCUT2D eigenvalue weighted by Crippen LogP contribution is -2.32. The van der Waals surface area contributed by atoms with Crippen LogP contribution in [0.5, 0.6) is 0 Å². The van der Waals surface area contributed by atoms with E-state index in [0.29, 0.717) is 6.04 Å². The van der Waals surface area contributed by atoms with Gasteiger partial charge in [-0.25, -0.2) is 4.98 Å². The Hall–Kier alpha value is -1.39. The Labute approximate surface area is 131 Å². The Morgan fingerprint density at radius 2 is 1.95 bits per heavy atom. The van der Waals surface area contributed by atoms with Crippen LogP contribution in [0.2, 0.25) is 0 Å². The summed E-state index contributed by atoms with van der Waals surface area (Å²) in [7, 11) is 0. The fourth-order valence-electron chi connectivity index (χ4n) is 2.42. The predicted octanol–water partition coefficient (Wildman–Crippen LogP) is 4.01. The van der Waals surface area contributed by atoms with Crippen LogP contribution in [0.1, 0.15) is 44.5 Å². The van der Waals surface area contributed by atoms with E-state index < -0.39 is 0 Å². The summed E-state index contributed by atoms with van der Waals surface area (Å²) in [6.07, 6.45) is 1.92. The van der Waals surface area contributed by atoms with E-state index >= 15 is 0 Å². The zero-order valence-corrected chi connectivity index (χ0v) is 13.9. The van der Waals surface area contributed by atoms with Crippen LogP contribution in [0.4, 0.5) is 5.13 Å². The van der Waals surface area contributed by atoms with Crippen molar-refractivity contribution in [1.29, 1.82) is 0 Å². The number of aromatic nitrogens is 1. The molecule has 0 aliphatic carbocycles. The first-order chi connectivity index (χ1) is 10.2. The Morgan fingerprint density at radius 3 is 2.57 bits per heavy atom. The lowest BCUT2D eigenvalue weighted by Gasteiger charge is -2.26. The molecule has 4 heteroatoms. The average molecular weight is 303 g/mol. The van der Waals surface area contributed by atoms with E-state index in [4.69, 9.17) is 10.7 Å². The van der Waals surface area contributed by atoms with Crippen molar-refractivity contribution in [2.24, 2.45) is 5.73 Å². The minimum Gasteiger partial charge on any atom is -0.346 e. The Kier molecular flexibility index (Phi) is 5.76. The first-order valence-electron chi connectivity index (χ1n) is 7.67. The molecule has 0 radical (unpaired) electrons. The zero-order valence-electron chi connectivity index (χ0n) is 13.1. The normalized spacial score (nSPS) is 13.9. The first-order valence-corrected chi connectivity index (χ1v) is 8.55. The van der Waals surface area contributed by atoms with Crippen molar-refractivity contribution >= 4 is 16.5 Å². The highest BCUT2D eigenvalue weighted by Crippen LogP contribution is 2.25. The van der Waals surface area contributed by atoms with Gasteiger partial charge in [0.05, 0.1) is 5.69 Å². The molecular formula is C17H25N3S. The highest BCUT2D eigenvalue weighted by molar-refractivity contribution is 7.13. The Balaban J connectivity index is 2.06. The quantitative estimate of drug-likeness (QED) is 0.840. The second-order valence-electron chi connectivity index (χ2n) is 5.39. The van der Waals surface area contributed by atoms with Gasteiger partial charge >= 0.3 is 0 Å². The molecule has 0 saturated carbocycles. The van der Waals surface area contributed by atoms with Crippen molar-refractivity contribution in [3.05, 3.63) is 47.0 Å². The van der Waals surface area contributed by atoms with E-state index in [0.717, 1.165) is 30.2 Å². The van der Waals surface area contributed by atoms with Crippen LogP contribution in [-0.2, 0) is 6.42 Å². The van der Waals surface area contributed by atoms with Crippen molar-refractivity contribution in [2.45, 2.75) is 45.7 Å². The van der Waals surface area contributed by atoms with Gasteiger partial charge in [0, 0.05) is 30.4 Å². The molecular weight excluding hydrogens is 278 g/mol. The molecule has 0 spiro atoms. The summed E-state index contributed by atoms with van der Waals surface area (Å²) in [5.41, 5.74) is 8.54. The van der Waals surface area contributed by atoms with E-state index in [1.54, 1.807) is 11.3 Å². The lowest BCUT2D eigenvalue weighted by atomic mass is 10.0. The van der Waals surface area contributed by atoms with Crippen LogP contribution >= 0.6 is 11.3 Å². The number of thiazole rings is 1. The third kappa shape index (κ3) is 4.05. The smallest absolute Gasteiger partial charge is 0.185 e. The highest BCUT2D eigenvalue weighted by Gasteiger charge is 2.16. The molecule has 0 aliphatic rings. The molecule has 1 aromatic heterocycles. The summed E-state index contributed by atoms with van der Waals surface area (Å²) >= 11 is 1.72. The van der Waals surface area contributed by atoms with E-state index in [-0.39, 0.29) is 6.04 Å². The molecule has 0 amide bonds. The molecule has 0 saturated heterocycles. The maximum Gasteiger partial charge on any atom is 0.185 e. The van der Waals surface area contributed by atoms with E-state index in [9.17, 15) is 0 Å². The largest absolute Gasteiger partial charge is 0.346 e. The van der Waals surface area contributed by atoms with Crippen molar-refractivity contribution in [1.82, 2.24) is 4.98 Å². The summed E-state index contributed by atoms with van der Waals surface area (Å²) in [5, 5.41) is 3.26. The van der Waals surface area contributed by atoms with Crippen molar-refractivity contribution < 1.29 is 0 Å². The van der Waals surface area contributed by atoms with Gasteiger partial charge in [0.2, 0.25) is 0 Å². The van der Waals surface area contributed by atoms with Crippen LogP contribution in [0.25, 0.3) is 0 Å². The van der Waals surface area contributed by atoms with Crippen LogP contribution in [0.15, 0.2) is 35.7 Å². The topological polar surface area (TPSA) is 42.2 Å². The molecule has 2 rings (SSSR count). The van der Waals surface area contributed by atoms with Crippen molar-refractivity contribution in [2.75, 3.05) is 11.4 Å².